The monoisotopic (exact) mass is 339 g/mol. The van der Waals surface area contributed by atoms with Gasteiger partial charge in [0.05, 0.1) is 30.6 Å². The van der Waals surface area contributed by atoms with Crippen LogP contribution in [-0.2, 0) is 14.8 Å². The summed E-state index contributed by atoms with van der Waals surface area (Å²) in [7, 11) is -3.72. The fourth-order valence-corrected chi connectivity index (χ4v) is 4.78. The van der Waals surface area contributed by atoms with Crippen LogP contribution in [0.3, 0.4) is 0 Å². The van der Waals surface area contributed by atoms with E-state index in [1.54, 1.807) is 26.0 Å². The molecule has 1 unspecified atom stereocenters. The van der Waals surface area contributed by atoms with Gasteiger partial charge in [0, 0.05) is 6.54 Å². The van der Waals surface area contributed by atoms with Crippen molar-refractivity contribution in [2.45, 2.75) is 24.8 Å². The minimum absolute atomic E-state index is 0.200. The Bertz CT molecular complexity index is 782. The minimum Gasteiger partial charge on any atom is -0.378 e. The summed E-state index contributed by atoms with van der Waals surface area (Å²) in [6.07, 6.45) is 0. The number of sulfonamides is 1. The first-order chi connectivity index (χ1) is 10.9. The van der Waals surface area contributed by atoms with Gasteiger partial charge in [0.1, 0.15) is 10.7 Å². The number of aryl methyl sites for hydroxylation is 2. The molecule has 0 saturated carbocycles. The molecule has 2 heterocycles. The molecular formula is C15H18FN3O3S. The summed E-state index contributed by atoms with van der Waals surface area (Å²) in [6.45, 7) is 4.14. The number of morpholine rings is 1. The van der Waals surface area contributed by atoms with Gasteiger partial charge >= 0.3 is 0 Å². The molecule has 1 aliphatic rings. The number of nitrogens with one attached hydrogen (secondary N) is 1. The predicted molar refractivity (Wildman–Crippen MR) is 81.9 cm³/mol. The minimum atomic E-state index is -3.72. The second-order valence-corrected chi connectivity index (χ2v) is 7.35. The van der Waals surface area contributed by atoms with Gasteiger partial charge in [0.15, 0.2) is 0 Å². The quantitative estimate of drug-likeness (QED) is 0.927. The summed E-state index contributed by atoms with van der Waals surface area (Å²) in [5, 5.41) is 6.68. The topological polar surface area (TPSA) is 75.3 Å². The Morgan fingerprint density at radius 3 is 2.61 bits per heavy atom. The molecule has 1 aromatic heterocycles. The average molecular weight is 339 g/mol. The Kier molecular flexibility index (Phi) is 4.22. The Labute approximate surface area is 134 Å². The molecule has 1 saturated heterocycles. The summed E-state index contributed by atoms with van der Waals surface area (Å²) < 4.78 is 46.2. The number of rotatable bonds is 3. The van der Waals surface area contributed by atoms with E-state index in [1.807, 2.05) is 0 Å². The van der Waals surface area contributed by atoms with Gasteiger partial charge in [-0.15, -0.1) is 0 Å². The molecule has 23 heavy (non-hydrogen) atoms. The molecule has 1 atom stereocenters. The van der Waals surface area contributed by atoms with Gasteiger partial charge in [-0.1, -0.05) is 12.1 Å². The van der Waals surface area contributed by atoms with Crippen LogP contribution >= 0.6 is 0 Å². The first kappa shape index (κ1) is 16.1. The van der Waals surface area contributed by atoms with Crippen LogP contribution in [0.25, 0.3) is 0 Å². The van der Waals surface area contributed by atoms with Crippen LogP contribution in [0.1, 0.15) is 23.0 Å². The number of benzene rings is 1. The van der Waals surface area contributed by atoms with Crippen LogP contribution < -0.4 is 0 Å². The summed E-state index contributed by atoms with van der Waals surface area (Å²) in [5.74, 6) is -0.360. The molecule has 0 amide bonds. The molecule has 1 aliphatic heterocycles. The van der Waals surface area contributed by atoms with Crippen LogP contribution in [0.2, 0.25) is 0 Å². The molecule has 1 N–H and O–H groups in total. The number of nitrogens with zero attached hydrogens (tertiary/aromatic N) is 2. The van der Waals surface area contributed by atoms with E-state index in [2.05, 4.69) is 10.2 Å². The Morgan fingerprint density at radius 2 is 2.00 bits per heavy atom. The van der Waals surface area contributed by atoms with E-state index in [1.165, 1.54) is 16.4 Å². The summed E-state index contributed by atoms with van der Waals surface area (Å²) in [4.78, 5) is 0.200. The first-order valence-electron chi connectivity index (χ1n) is 7.28. The molecule has 1 aromatic carbocycles. The Morgan fingerprint density at radius 1 is 1.30 bits per heavy atom. The van der Waals surface area contributed by atoms with Crippen LogP contribution in [0.5, 0.6) is 0 Å². The molecule has 0 bridgehead atoms. The van der Waals surface area contributed by atoms with Gasteiger partial charge in [-0.3, -0.25) is 5.10 Å². The lowest BCUT2D eigenvalue weighted by Gasteiger charge is -2.34. The highest BCUT2D eigenvalue weighted by Gasteiger charge is 2.37. The summed E-state index contributed by atoms with van der Waals surface area (Å²) in [6, 6.07) is 5.34. The van der Waals surface area contributed by atoms with E-state index >= 15 is 0 Å². The van der Waals surface area contributed by atoms with Gasteiger partial charge in [0.25, 0.3) is 0 Å². The van der Waals surface area contributed by atoms with E-state index < -0.39 is 16.1 Å². The van der Waals surface area contributed by atoms with Crippen molar-refractivity contribution in [1.29, 1.82) is 0 Å². The zero-order valence-electron chi connectivity index (χ0n) is 12.9. The van der Waals surface area contributed by atoms with Crippen molar-refractivity contribution >= 4 is 10.0 Å². The van der Waals surface area contributed by atoms with Crippen molar-refractivity contribution in [2.24, 2.45) is 0 Å². The maximum absolute atomic E-state index is 13.1. The van der Waals surface area contributed by atoms with Crippen LogP contribution in [-0.4, -0.2) is 42.7 Å². The third-order valence-electron chi connectivity index (χ3n) is 3.96. The van der Waals surface area contributed by atoms with Gasteiger partial charge in [-0.25, -0.2) is 12.8 Å². The number of ether oxygens (including phenoxy) is 1. The first-order valence-corrected chi connectivity index (χ1v) is 8.72. The summed E-state index contributed by atoms with van der Waals surface area (Å²) >= 11 is 0. The fourth-order valence-electron chi connectivity index (χ4n) is 2.86. The molecule has 2 aromatic rings. The van der Waals surface area contributed by atoms with E-state index in [-0.39, 0.29) is 23.9 Å². The van der Waals surface area contributed by atoms with Gasteiger partial charge < -0.3 is 4.74 Å². The zero-order valence-corrected chi connectivity index (χ0v) is 13.7. The van der Waals surface area contributed by atoms with Crippen molar-refractivity contribution in [1.82, 2.24) is 14.5 Å². The van der Waals surface area contributed by atoms with E-state index in [0.29, 0.717) is 23.6 Å². The molecule has 3 rings (SSSR count). The maximum Gasteiger partial charge on any atom is 0.247 e. The third kappa shape index (κ3) is 2.89. The standard InChI is InChI=1S/C15H18FN3O3S/c1-10-15(11(2)18-17-10)23(20,21)19-7-8-22-9-14(19)12-3-5-13(16)6-4-12/h3-6,14H,7-9H2,1-2H3,(H,17,18). The van der Waals surface area contributed by atoms with Crippen molar-refractivity contribution in [3.05, 3.63) is 47.0 Å². The largest absolute Gasteiger partial charge is 0.378 e. The highest BCUT2D eigenvalue weighted by Crippen LogP contribution is 2.32. The lowest BCUT2D eigenvalue weighted by atomic mass is 10.1. The van der Waals surface area contributed by atoms with Crippen molar-refractivity contribution in [3.8, 4) is 0 Å². The predicted octanol–water partition coefficient (Wildman–Crippen LogP) is 1.93. The SMILES string of the molecule is Cc1n[nH]c(C)c1S(=O)(=O)N1CCOCC1c1ccc(F)cc1. The Hall–Kier alpha value is -1.77. The number of halogens is 1. The number of hydrogen-bond acceptors (Lipinski definition) is 4. The van der Waals surface area contributed by atoms with Gasteiger partial charge in [-0.05, 0) is 31.5 Å². The Balaban J connectivity index is 2.03. The average Bonchev–Trinajstić information content (AvgIpc) is 2.87. The molecule has 0 aliphatic carbocycles. The zero-order chi connectivity index (χ0) is 16.6. The lowest BCUT2D eigenvalue weighted by molar-refractivity contribution is 0.0320. The summed E-state index contributed by atoms with van der Waals surface area (Å²) in [5.41, 5.74) is 1.65. The highest BCUT2D eigenvalue weighted by molar-refractivity contribution is 7.89. The number of hydrogen-bond donors (Lipinski definition) is 1. The van der Waals surface area contributed by atoms with E-state index in [0.717, 1.165) is 0 Å². The molecule has 6 nitrogen and oxygen atoms in total. The molecule has 8 heteroatoms. The number of aromatic amines is 1. The van der Waals surface area contributed by atoms with Gasteiger partial charge in [-0.2, -0.15) is 9.40 Å². The van der Waals surface area contributed by atoms with Crippen LogP contribution in [0, 0.1) is 19.7 Å². The molecule has 0 spiro atoms. The fraction of sp³-hybridized carbons (Fsp3) is 0.400. The van der Waals surface area contributed by atoms with Crippen molar-refractivity contribution in [2.75, 3.05) is 19.8 Å². The van der Waals surface area contributed by atoms with Crippen LogP contribution in [0.4, 0.5) is 4.39 Å². The normalized spacial score (nSPS) is 19.9. The van der Waals surface area contributed by atoms with E-state index in [4.69, 9.17) is 4.74 Å². The smallest absolute Gasteiger partial charge is 0.247 e. The second-order valence-electron chi connectivity index (χ2n) is 5.52. The van der Waals surface area contributed by atoms with Crippen molar-refractivity contribution < 1.29 is 17.5 Å². The van der Waals surface area contributed by atoms with E-state index in [9.17, 15) is 12.8 Å². The van der Waals surface area contributed by atoms with Crippen molar-refractivity contribution in [3.63, 3.8) is 0 Å². The molecule has 1 fully saturated rings. The third-order valence-corrected chi connectivity index (χ3v) is 6.13. The lowest BCUT2D eigenvalue weighted by Crippen LogP contribution is -2.43. The highest BCUT2D eigenvalue weighted by atomic mass is 32.2. The number of H-pyrrole nitrogens is 1. The molecule has 124 valence electrons. The maximum atomic E-state index is 13.1. The molecular weight excluding hydrogens is 321 g/mol. The second kappa shape index (κ2) is 6.03. The van der Waals surface area contributed by atoms with Crippen LogP contribution in [0.15, 0.2) is 29.2 Å². The molecule has 0 radical (unpaired) electrons. The van der Waals surface area contributed by atoms with Gasteiger partial charge in [0.2, 0.25) is 10.0 Å². The number of aromatic nitrogens is 2.